The van der Waals surface area contributed by atoms with Crippen molar-refractivity contribution in [3.8, 4) is 0 Å². The van der Waals surface area contributed by atoms with Crippen LogP contribution in [0.5, 0.6) is 0 Å². The number of aryl methyl sites for hydroxylation is 1. The Morgan fingerprint density at radius 3 is 2.25 bits per heavy atom. The molecule has 0 aliphatic rings. The van der Waals surface area contributed by atoms with Crippen LogP contribution in [0.1, 0.15) is 22.1 Å². The lowest BCUT2D eigenvalue weighted by molar-refractivity contribution is 1.13. The number of alkyl halides is 1. The van der Waals surface area contributed by atoms with Crippen molar-refractivity contribution in [2.75, 3.05) is 0 Å². The van der Waals surface area contributed by atoms with Crippen molar-refractivity contribution >= 4 is 23.2 Å². The Bertz CT molecular complexity index is 474. The van der Waals surface area contributed by atoms with Crippen molar-refractivity contribution in [3.63, 3.8) is 0 Å². The highest BCUT2D eigenvalue weighted by Crippen LogP contribution is 2.29. The smallest absolute Gasteiger partial charge is 0.0835 e. The van der Waals surface area contributed by atoms with Gasteiger partial charge >= 0.3 is 0 Å². The quantitative estimate of drug-likeness (QED) is 0.660. The van der Waals surface area contributed by atoms with E-state index in [4.69, 9.17) is 23.2 Å². The van der Waals surface area contributed by atoms with Gasteiger partial charge in [0, 0.05) is 5.02 Å². The molecule has 16 heavy (non-hydrogen) atoms. The van der Waals surface area contributed by atoms with Gasteiger partial charge in [0.2, 0.25) is 0 Å². The molecule has 0 bridgehead atoms. The van der Waals surface area contributed by atoms with Gasteiger partial charge in [-0.25, -0.2) is 0 Å². The van der Waals surface area contributed by atoms with Crippen LogP contribution in [0.15, 0.2) is 48.5 Å². The average Bonchev–Trinajstić information content (AvgIpc) is 2.29. The summed E-state index contributed by atoms with van der Waals surface area (Å²) < 4.78 is 0. The van der Waals surface area contributed by atoms with E-state index in [9.17, 15) is 0 Å². The average molecular weight is 251 g/mol. The van der Waals surface area contributed by atoms with Crippen molar-refractivity contribution in [3.05, 3.63) is 70.2 Å². The summed E-state index contributed by atoms with van der Waals surface area (Å²) in [5.74, 6) is 0. The second kappa shape index (κ2) is 4.90. The number of hydrogen-bond acceptors (Lipinski definition) is 0. The lowest BCUT2D eigenvalue weighted by Crippen LogP contribution is -1.93. The fourth-order valence-corrected chi connectivity index (χ4v) is 2.06. The maximum Gasteiger partial charge on any atom is 0.0835 e. The predicted molar refractivity (Wildman–Crippen MR) is 70.3 cm³/mol. The van der Waals surface area contributed by atoms with Gasteiger partial charge in [-0.05, 0) is 30.2 Å². The molecule has 0 amide bonds. The molecule has 1 atom stereocenters. The van der Waals surface area contributed by atoms with Gasteiger partial charge in [0.25, 0.3) is 0 Å². The highest BCUT2D eigenvalue weighted by molar-refractivity contribution is 6.30. The zero-order valence-electron chi connectivity index (χ0n) is 8.95. The molecular weight excluding hydrogens is 239 g/mol. The molecule has 82 valence electrons. The van der Waals surface area contributed by atoms with Crippen LogP contribution in [0.3, 0.4) is 0 Å². The summed E-state index contributed by atoms with van der Waals surface area (Å²) in [5.41, 5.74) is 3.40. The van der Waals surface area contributed by atoms with Gasteiger partial charge in [0.1, 0.15) is 0 Å². The van der Waals surface area contributed by atoms with Crippen LogP contribution in [0, 0.1) is 6.92 Å². The van der Waals surface area contributed by atoms with Crippen LogP contribution in [-0.4, -0.2) is 0 Å². The maximum absolute atomic E-state index is 6.41. The minimum absolute atomic E-state index is 0.114. The number of rotatable bonds is 2. The fourth-order valence-electron chi connectivity index (χ4n) is 1.65. The third-order valence-electron chi connectivity index (χ3n) is 2.50. The zero-order chi connectivity index (χ0) is 11.5. The second-order valence-corrected chi connectivity index (χ2v) is 4.70. The molecule has 2 rings (SSSR count). The van der Waals surface area contributed by atoms with Crippen molar-refractivity contribution < 1.29 is 0 Å². The summed E-state index contributed by atoms with van der Waals surface area (Å²) in [7, 11) is 0. The minimum atomic E-state index is -0.114. The van der Waals surface area contributed by atoms with Crippen LogP contribution >= 0.6 is 23.2 Å². The van der Waals surface area contributed by atoms with E-state index in [0.29, 0.717) is 0 Å². The molecule has 0 saturated carbocycles. The maximum atomic E-state index is 6.41. The highest BCUT2D eigenvalue weighted by Gasteiger charge is 2.10. The molecule has 0 aliphatic heterocycles. The van der Waals surface area contributed by atoms with Crippen LogP contribution in [-0.2, 0) is 0 Å². The Labute approximate surface area is 106 Å². The molecule has 0 radical (unpaired) electrons. The van der Waals surface area contributed by atoms with Crippen molar-refractivity contribution in [1.29, 1.82) is 0 Å². The molecule has 0 aromatic heterocycles. The molecule has 1 unspecified atom stereocenters. The third-order valence-corrected chi connectivity index (χ3v) is 3.25. The fraction of sp³-hybridized carbons (Fsp3) is 0.143. The van der Waals surface area contributed by atoms with Crippen molar-refractivity contribution in [2.24, 2.45) is 0 Å². The normalized spacial score (nSPS) is 12.4. The number of hydrogen-bond donors (Lipinski definition) is 0. The van der Waals surface area contributed by atoms with E-state index in [-0.39, 0.29) is 5.38 Å². The Morgan fingerprint density at radius 2 is 1.62 bits per heavy atom. The molecule has 2 aromatic rings. The molecule has 0 heterocycles. The van der Waals surface area contributed by atoms with Gasteiger partial charge in [0.05, 0.1) is 5.38 Å². The standard InChI is InChI=1S/C14H12Cl2/c1-10-3-2-4-12(9-10)14(16)11-5-7-13(15)8-6-11/h2-9,14H,1H3. The van der Waals surface area contributed by atoms with Gasteiger partial charge in [0.15, 0.2) is 0 Å². The van der Waals surface area contributed by atoms with E-state index in [1.807, 2.05) is 36.4 Å². The zero-order valence-corrected chi connectivity index (χ0v) is 10.5. The second-order valence-electron chi connectivity index (χ2n) is 3.83. The molecule has 2 aromatic carbocycles. The molecule has 0 saturated heterocycles. The van der Waals surface area contributed by atoms with E-state index in [0.717, 1.165) is 16.1 Å². The molecule has 0 fully saturated rings. The Hall–Kier alpha value is -0.980. The van der Waals surface area contributed by atoms with Crippen molar-refractivity contribution in [2.45, 2.75) is 12.3 Å². The minimum Gasteiger partial charge on any atom is -0.113 e. The van der Waals surface area contributed by atoms with E-state index >= 15 is 0 Å². The molecule has 0 N–H and O–H groups in total. The lowest BCUT2D eigenvalue weighted by Gasteiger charge is -2.11. The molecular formula is C14H12Cl2. The summed E-state index contributed by atoms with van der Waals surface area (Å²) in [6.45, 7) is 2.06. The first-order valence-electron chi connectivity index (χ1n) is 5.13. The first-order chi connectivity index (χ1) is 7.66. The van der Waals surface area contributed by atoms with Crippen molar-refractivity contribution in [1.82, 2.24) is 0 Å². The number of benzene rings is 2. The Balaban J connectivity index is 2.31. The number of halogens is 2. The van der Waals surface area contributed by atoms with E-state index in [1.165, 1.54) is 5.56 Å². The summed E-state index contributed by atoms with van der Waals surface area (Å²) in [5, 5.41) is 0.619. The predicted octanol–water partition coefficient (Wildman–Crippen LogP) is 4.98. The SMILES string of the molecule is Cc1cccc(C(Cl)c2ccc(Cl)cc2)c1. The molecule has 0 nitrogen and oxygen atoms in total. The van der Waals surface area contributed by atoms with Gasteiger partial charge in [-0.2, -0.15) is 0 Å². The van der Waals surface area contributed by atoms with Gasteiger partial charge < -0.3 is 0 Å². The van der Waals surface area contributed by atoms with Crippen LogP contribution in [0.25, 0.3) is 0 Å². The highest BCUT2D eigenvalue weighted by atomic mass is 35.5. The summed E-state index contributed by atoms with van der Waals surface area (Å²) >= 11 is 12.3. The Kier molecular flexibility index (Phi) is 3.52. The summed E-state index contributed by atoms with van der Waals surface area (Å²) in [6.07, 6.45) is 0. The first-order valence-corrected chi connectivity index (χ1v) is 5.94. The van der Waals surface area contributed by atoms with E-state index in [1.54, 1.807) is 0 Å². The molecule has 2 heteroatoms. The van der Waals surface area contributed by atoms with Gasteiger partial charge in [-0.15, -0.1) is 11.6 Å². The van der Waals surface area contributed by atoms with Crippen LogP contribution in [0.4, 0.5) is 0 Å². The van der Waals surface area contributed by atoms with E-state index in [2.05, 4.69) is 19.1 Å². The van der Waals surface area contributed by atoms with Crippen LogP contribution in [0.2, 0.25) is 5.02 Å². The summed E-state index contributed by atoms with van der Waals surface area (Å²) in [4.78, 5) is 0. The molecule has 0 spiro atoms. The monoisotopic (exact) mass is 250 g/mol. The lowest BCUT2D eigenvalue weighted by atomic mass is 10.0. The van der Waals surface area contributed by atoms with Gasteiger partial charge in [-0.1, -0.05) is 53.6 Å². The summed E-state index contributed by atoms with van der Waals surface area (Å²) in [6, 6.07) is 15.9. The van der Waals surface area contributed by atoms with Gasteiger partial charge in [-0.3, -0.25) is 0 Å². The first kappa shape index (κ1) is 11.5. The molecule has 0 aliphatic carbocycles. The van der Waals surface area contributed by atoms with E-state index < -0.39 is 0 Å². The largest absolute Gasteiger partial charge is 0.113 e. The third kappa shape index (κ3) is 2.58. The van der Waals surface area contributed by atoms with Crippen LogP contribution < -0.4 is 0 Å². The Morgan fingerprint density at radius 1 is 0.938 bits per heavy atom. The topological polar surface area (TPSA) is 0 Å².